The number of nitrogens with one attached hydrogen (secondary N) is 2. The van der Waals surface area contributed by atoms with Crippen LogP contribution < -0.4 is 10.6 Å². The first-order chi connectivity index (χ1) is 10.1. The third-order valence-corrected chi connectivity index (χ3v) is 4.22. The summed E-state index contributed by atoms with van der Waals surface area (Å²) < 4.78 is 12.8. The normalized spacial score (nSPS) is 23.2. The van der Waals surface area contributed by atoms with Crippen molar-refractivity contribution in [2.75, 3.05) is 5.32 Å². The summed E-state index contributed by atoms with van der Waals surface area (Å²) in [5, 5.41) is 5.50. The minimum Gasteiger partial charge on any atom is -0.326 e. The highest BCUT2D eigenvalue weighted by Crippen LogP contribution is 2.29. The lowest BCUT2D eigenvalue weighted by Gasteiger charge is -2.07. The van der Waals surface area contributed by atoms with Gasteiger partial charge in [-0.05, 0) is 37.1 Å². The number of aliphatic imine (C=N–C) groups is 1. The van der Waals surface area contributed by atoms with Crippen LogP contribution in [0.25, 0.3) is 0 Å². The zero-order valence-corrected chi connectivity index (χ0v) is 12.0. The lowest BCUT2D eigenvalue weighted by Crippen LogP contribution is -2.28. The van der Waals surface area contributed by atoms with Crippen LogP contribution in [-0.4, -0.2) is 28.3 Å². The lowest BCUT2D eigenvalue weighted by molar-refractivity contribution is -0.122. The van der Waals surface area contributed by atoms with E-state index >= 15 is 0 Å². The van der Waals surface area contributed by atoms with Gasteiger partial charge >= 0.3 is 0 Å². The monoisotopic (exact) mass is 307 g/mol. The molecule has 1 aromatic carbocycles. The van der Waals surface area contributed by atoms with Gasteiger partial charge in [-0.2, -0.15) is 0 Å². The van der Waals surface area contributed by atoms with Gasteiger partial charge in [0.15, 0.2) is 5.17 Å². The highest BCUT2D eigenvalue weighted by molar-refractivity contribution is 8.15. The van der Waals surface area contributed by atoms with E-state index in [1.807, 2.05) is 0 Å². The van der Waals surface area contributed by atoms with Crippen molar-refractivity contribution in [3.05, 3.63) is 30.1 Å². The molecule has 1 saturated heterocycles. The van der Waals surface area contributed by atoms with Gasteiger partial charge in [0, 0.05) is 12.1 Å². The number of hydrogen-bond acceptors (Lipinski definition) is 4. The topological polar surface area (TPSA) is 70.6 Å². The summed E-state index contributed by atoms with van der Waals surface area (Å²) in [6, 6.07) is 5.84. The van der Waals surface area contributed by atoms with Crippen molar-refractivity contribution in [1.29, 1.82) is 0 Å². The average molecular weight is 307 g/mol. The summed E-state index contributed by atoms with van der Waals surface area (Å²) in [7, 11) is 0. The predicted octanol–water partition coefficient (Wildman–Crippen LogP) is 1.90. The summed E-state index contributed by atoms with van der Waals surface area (Å²) in [6.07, 6.45) is 2.20. The predicted molar refractivity (Wildman–Crippen MR) is 79.6 cm³/mol. The van der Waals surface area contributed by atoms with E-state index in [1.165, 1.54) is 36.0 Å². The number of rotatable bonds is 4. The van der Waals surface area contributed by atoms with Crippen molar-refractivity contribution < 1.29 is 14.0 Å². The van der Waals surface area contributed by atoms with E-state index in [9.17, 15) is 14.0 Å². The molecule has 0 unspecified atom stereocenters. The van der Waals surface area contributed by atoms with Crippen molar-refractivity contribution >= 4 is 34.4 Å². The second-order valence-electron chi connectivity index (χ2n) is 5.02. The van der Waals surface area contributed by atoms with Gasteiger partial charge in [0.05, 0.1) is 6.04 Å². The molecule has 2 amide bonds. The number of halogens is 1. The Bertz CT molecular complexity index is 599. The zero-order chi connectivity index (χ0) is 14.8. The fourth-order valence-electron chi connectivity index (χ4n) is 1.88. The Hall–Kier alpha value is -1.89. The van der Waals surface area contributed by atoms with Gasteiger partial charge in [0.1, 0.15) is 11.1 Å². The Morgan fingerprint density at radius 1 is 1.38 bits per heavy atom. The molecule has 2 fully saturated rings. The van der Waals surface area contributed by atoms with Crippen molar-refractivity contribution in [1.82, 2.24) is 5.32 Å². The number of benzene rings is 1. The number of amides is 2. The Kier molecular flexibility index (Phi) is 3.92. The largest absolute Gasteiger partial charge is 0.326 e. The van der Waals surface area contributed by atoms with E-state index in [4.69, 9.17) is 0 Å². The van der Waals surface area contributed by atoms with Crippen LogP contribution in [0.3, 0.4) is 0 Å². The van der Waals surface area contributed by atoms with Gasteiger partial charge in [0.2, 0.25) is 11.8 Å². The molecule has 0 aromatic heterocycles. The van der Waals surface area contributed by atoms with Gasteiger partial charge in [-0.3, -0.25) is 14.6 Å². The summed E-state index contributed by atoms with van der Waals surface area (Å²) >= 11 is 1.30. The molecule has 2 aliphatic rings. The smallest absolute Gasteiger partial charge is 0.240 e. The Morgan fingerprint density at radius 2 is 2.10 bits per heavy atom. The molecule has 0 radical (unpaired) electrons. The lowest BCUT2D eigenvalue weighted by atomic mass is 10.2. The summed E-state index contributed by atoms with van der Waals surface area (Å²) in [5.74, 6) is -0.824. The molecule has 1 aliphatic carbocycles. The standard InChI is InChI=1S/C14H14FN3O2S/c15-8-1-3-9(4-2-8)16-12(19)7-11-13(20)18-14(21-11)17-10-5-6-10/h1-4,10-11H,5-7H2,(H,16,19)(H,17,18,20)/t11-/m1/s1. The number of hydrogen-bond donors (Lipinski definition) is 2. The molecule has 21 heavy (non-hydrogen) atoms. The maximum absolute atomic E-state index is 12.8. The Labute approximate surface area is 125 Å². The van der Waals surface area contributed by atoms with E-state index in [1.54, 1.807) is 0 Å². The molecular weight excluding hydrogens is 293 g/mol. The molecule has 3 rings (SSSR count). The molecule has 0 spiro atoms. The first-order valence-electron chi connectivity index (χ1n) is 6.71. The Morgan fingerprint density at radius 3 is 2.76 bits per heavy atom. The molecule has 1 aromatic rings. The fourth-order valence-corrected chi connectivity index (χ4v) is 2.92. The van der Waals surface area contributed by atoms with Gasteiger partial charge in [-0.25, -0.2) is 4.39 Å². The van der Waals surface area contributed by atoms with Crippen molar-refractivity contribution in [3.63, 3.8) is 0 Å². The van der Waals surface area contributed by atoms with Crippen LogP contribution in [0.15, 0.2) is 29.3 Å². The van der Waals surface area contributed by atoms with E-state index in [0.717, 1.165) is 12.8 Å². The van der Waals surface area contributed by atoms with E-state index < -0.39 is 5.25 Å². The van der Waals surface area contributed by atoms with Crippen LogP contribution >= 0.6 is 11.8 Å². The number of carbonyl (C=O) groups is 2. The maximum Gasteiger partial charge on any atom is 0.240 e. The first kappa shape index (κ1) is 14.1. The number of nitrogens with zero attached hydrogens (tertiary/aromatic N) is 1. The Balaban J connectivity index is 1.54. The quantitative estimate of drug-likeness (QED) is 0.892. The molecule has 1 saturated carbocycles. The molecule has 5 nitrogen and oxygen atoms in total. The SMILES string of the molecule is O=C(C[C@H]1SC(=NC2CC2)NC1=O)Nc1ccc(F)cc1. The first-order valence-corrected chi connectivity index (χ1v) is 7.59. The second-order valence-corrected chi connectivity index (χ2v) is 6.21. The van der Waals surface area contributed by atoms with Crippen LogP contribution in [0, 0.1) is 5.82 Å². The van der Waals surface area contributed by atoms with Crippen molar-refractivity contribution in [2.24, 2.45) is 4.99 Å². The minimum atomic E-state index is -0.456. The fraction of sp³-hybridized carbons (Fsp3) is 0.357. The molecule has 1 atom stereocenters. The number of amidine groups is 1. The van der Waals surface area contributed by atoms with Gasteiger partial charge in [0.25, 0.3) is 0 Å². The molecule has 0 bridgehead atoms. The summed E-state index contributed by atoms with van der Waals surface area (Å²) in [5.41, 5.74) is 0.511. The zero-order valence-electron chi connectivity index (χ0n) is 11.1. The van der Waals surface area contributed by atoms with Crippen LogP contribution in [-0.2, 0) is 9.59 Å². The summed E-state index contributed by atoms with van der Waals surface area (Å²) in [6.45, 7) is 0. The van der Waals surface area contributed by atoms with E-state index in [0.29, 0.717) is 16.9 Å². The highest BCUT2D eigenvalue weighted by atomic mass is 32.2. The summed E-state index contributed by atoms with van der Waals surface area (Å²) in [4.78, 5) is 28.0. The average Bonchev–Trinajstić information content (AvgIpc) is 3.18. The maximum atomic E-state index is 12.8. The van der Waals surface area contributed by atoms with E-state index in [-0.39, 0.29) is 24.1 Å². The second kappa shape index (κ2) is 5.85. The van der Waals surface area contributed by atoms with Gasteiger partial charge < -0.3 is 10.6 Å². The minimum absolute atomic E-state index is 0.0670. The van der Waals surface area contributed by atoms with Crippen LogP contribution in [0.5, 0.6) is 0 Å². The molecule has 110 valence electrons. The molecule has 1 aliphatic heterocycles. The van der Waals surface area contributed by atoms with Gasteiger partial charge in [-0.1, -0.05) is 11.8 Å². The van der Waals surface area contributed by atoms with Crippen LogP contribution in [0.1, 0.15) is 19.3 Å². The molecule has 1 heterocycles. The molecule has 2 N–H and O–H groups in total. The number of carbonyl (C=O) groups excluding carboxylic acids is 2. The highest BCUT2D eigenvalue weighted by Gasteiger charge is 2.33. The number of anilines is 1. The molecular formula is C14H14FN3O2S. The van der Waals surface area contributed by atoms with Gasteiger partial charge in [-0.15, -0.1) is 0 Å². The molecule has 7 heteroatoms. The van der Waals surface area contributed by atoms with E-state index in [2.05, 4.69) is 15.6 Å². The van der Waals surface area contributed by atoms with Crippen molar-refractivity contribution in [3.8, 4) is 0 Å². The van der Waals surface area contributed by atoms with Crippen LogP contribution in [0.4, 0.5) is 10.1 Å². The third-order valence-electron chi connectivity index (χ3n) is 3.12. The third kappa shape index (κ3) is 3.81. The van der Waals surface area contributed by atoms with Crippen molar-refractivity contribution in [2.45, 2.75) is 30.6 Å². The number of thioether (sulfide) groups is 1. The van der Waals surface area contributed by atoms with Crippen LogP contribution in [0.2, 0.25) is 0 Å².